The van der Waals surface area contributed by atoms with Crippen molar-refractivity contribution < 1.29 is 37.0 Å². The van der Waals surface area contributed by atoms with Gasteiger partial charge >= 0.3 is 16.6 Å². The van der Waals surface area contributed by atoms with Gasteiger partial charge < -0.3 is 10.2 Å². The van der Waals surface area contributed by atoms with Crippen LogP contribution in [0.5, 0.6) is 11.8 Å². The van der Waals surface area contributed by atoms with Crippen LogP contribution >= 0.6 is 0 Å². The van der Waals surface area contributed by atoms with Crippen LogP contribution in [0.3, 0.4) is 0 Å². The minimum atomic E-state index is -5.00. The Hall–Kier alpha value is -1.94. The second kappa shape index (κ2) is 3.67. The minimum absolute atomic E-state index is 0.188. The highest BCUT2D eigenvalue weighted by atomic mass is 32.3. The average molecular weight is 239 g/mol. The Morgan fingerprint density at radius 3 is 2.13 bits per heavy atom. The van der Waals surface area contributed by atoms with Crippen LogP contribution in [0.2, 0.25) is 0 Å². The first-order valence-corrected chi connectivity index (χ1v) is 4.65. The summed E-state index contributed by atoms with van der Waals surface area (Å²) in [5.41, 5.74) is 0. The van der Waals surface area contributed by atoms with E-state index in [0.29, 0.717) is 0 Å². The molecule has 15 heavy (non-hydrogen) atoms. The van der Waals surface area contributed by atoms with Crippen molar-refractivity contribution in [3.05, 3.63) is 12.1 Å². The number of carbonyl (C=O) groups excluding carboxylic acids is 1. The van der Waals surface area contributed by atoms with Crippen LogP contribution in [0.15, 0.2) is 12.1 Å². The molecule has 0 atom stereocenters. The van der Waals surface area contributed by atoms with Gasteiger partial charge in [0.25, 0.3) is 0 Å². The van der Waals surface area contributed by atoms with Crippen molar-refractivity contribution in [3.63, 3.8) is 0 Å². The van der Waals surface area contributed by atoms with Crippen LogP contribution in [0, 0.1) is 0 Å². The molecule has 0 unspecified atom stereocenters. The highest BCUT2D eigenvalue weighted by Gasteiger charge is 2.18. The standard InChI is InChI=1S/C5H5NO8S/c7-3-1-2-4(8)6(3)13-5(9)14-15(10,11)12/h1-2,7-8H,(H,10,11,12). The third-order valence-corrected chi connectivity index (χ3v) is 1.48. The molecule has 3 N–H and O–H groups in total. The van der Waals surface area contributed by atoms with E-state index in [1.807, 2.05) is 0 Å². The molecule has 0 aromatic carbocycles. The molecule has 0 saturated heterocycles. The second-order valence-corrected chi connectivity index (χ2v) is 3.22. The lowest BCUT2D eigenvalue weighted by atomic mass is 10.6. The predicted molar refractivity (Wildman–Crippen MR) is 42.4 cm³/mol. The highest BCUT2D eigenvalue weighted by Crippen LogP contribution is 2.18. The zero-order valence-electron chi connectivity index (χ0n) is 6.89. The van der Waals surface area contributed by atoms with Gasteiger partial charge in [0.05, 0.1) is 0 Å². The number of hydrogen-bond donors (Lipinski definition) is 3. The van der Waals surface area contributed by atoms with Crippen molar-refractivity contribution in [2.75, 3.05) is 0 Å². The zero-order chi connectivity index (χ0) is 11.6. The molecule has 0 radical (unpaired) electrons. The predicted octanol–water partition coefficient (Wildman–Crippen LogP) is -0.733. The van der Waals surface area contributed by atoms with Gasteiger partial charge in [0.15, 0.2) is 0 Å². The first kappa shape index (κ1) is 11.1. The maximum absolute atomic E-state index is 10.6. The summed E-state index contributed by atoms with van der Waals surface area (Å²) in [6.45, 7) is 0. The van der Waals surface area contributed by atoms with Gasteiger partial charge in [0, 0.05) is 12.1 Å². The number of nitrogens with zero attached hydrogens (tertiary/aromatic N) is 1. The molecule has 1 heterocycles. The van der Waals surface area contributed by atoms with Gasteiger partial charge in [-0.2, -0.15) is 13.2 Å². The van der Waals surface area contributed by atoms with Crippen molar-refractivity contribution in [2.45, 2.75) is 0 Å². The van der Waals surface area contributed by atoms with Crippen LogP contribution in [0.1, 0.15) is 0 Å². The molecular formula is C5H5NO8S. The second-order valence-electron chi connectivity index (χ2n) is 2.20. The van der Waals surface area contributed by atoms with Crippen molar-refractivity contribution in [2.24, 2.45) is 0 Å². The van der Waals surface area contributed by atoms with E-state index in [1.165, 1.54) is 0 Å². The molecule has 1 aromatic heterocycles. The summed E-state index contributed by atoms with van der Waals surface area (Å²) in [6, 6.07) is 1.94. The van der Waals surface area contributed by atoms with E-state index < -0.39 is 28.3 Å². The third-order valence-electron chi connectivity index (χ3n) is 1.14. The summed E-state index contributed by atoms with van der Waals surface area (Å²) in [4.78, 5) is 14.6. The lowest BCUT2D eigenvalue weighted by Gasteiger charge is -2.04. The van der Waals surface area contributed by atoms with Gasteiger partial charge in [-0.05, 0) is 0 Å². The van der Waals surface area contributed by atoms with E-state index in [1.54, 1.807) is 0 Å². The summed E-state index contributed by atoms with van der Waals surface area (Å²) in [5, 5.41) is 17.9. The Labute approximate surface area is 83.0 Å². The van der Waals surface area contributed by atoms with Crippen molar-refractivity contribution in [1.82, 2.24) is 4.73 Å². The van der Waals surface area contributed by atoms with Crippen molar-refractivity contribution >= 4 is 16.6 Å². The molecule has 0 amide bonds. The first-order valence-electron chi connectivity index (χ1n) is 3.28. The van der Waals surface area contributed by atoms with E-state index in [4.69, 9.17) is 14.8 Å². The van der Waals surface area contributed by atoms with Crippen molar-refractivity contribution in [1.29, 1.82) is 0 Å². The van der Waals surface area contributed by atoms with E-state index in [-0.39, 0.29) is 4.73 Å². The molecule has 0 saturated carbocycles. The van der Waals surface area contributed by atoms with Crippen LogP contribution < -0.4 is 4.84 Å². The molecule has 1 rings (SSSR count). The Bertz CT molecular complexity index is 454. The Kier molecular flexibility index (Phi) is 2.72. The normalized spacial score (nSPS) is 11.0. The molecule has 1 aromatic rings. The molecule has 0 fully saturated rings. The van der Waals surface area contributed by atoms with Crippen LogP contribution in [-0.4, -0.2) is 34.1 Å². The van der Waals surface area contributed by atoms with Gasteiger partial charge in [-0.3, -0.25) is 13.6 Å². The summed E-state index contributed by atoms with van der Waals surface area (Å²) in [7, 11) is -5.00. The molecule has 0 aliphatic rings. The van der Waals surface area contributed by atoms with E-state index in [2.05, 4.69) is 9.02 Å². The molecule has 0 bridgehead atoms. The summed E-state index contributed by atoms with van der Waals surface area (Å²) < 4.78 is 31.7. The Morgan fingerprint density at radius 1 is 1.27 bits per heavy atom. The van der Waals surface area contributed by atoms with Crippen molar-refractivity contribution in [3.8, 4) is 11.8 Å². The van der Waals surface area contributed by atoms with E-state index in [0.717, 1.165) is 12.1 Å². The summed E-state index contributed by atoms with van der Waals surface area (Å²) in [5.74, 6) is -1.33. The molecular weight excluding hydrogens is 234 g/mol. The molecule has 10 heteroatoms. The minimum Gasteiger partial charge on any atom is -0.492 e. The summed E-state index contributed by atoms with van der Waals surface area (Å²) in [6.07, 6.45) is -1.85. The first-order chi connectivity index (χ1) is 6.79. The quantitative estimate of drug-likeness (QED) is 0.574. The van der Waals surface area contributed by atoms with E-state index in [9.17, 15) is 13.2 Å². The number of carbonyl (C=O) groups is 1. The zero-order valence-corrected chi connectivity index (χ0v) is 7.71. The maximum Gasteiger partial charge on any atom is 0.551 e. The van der Waals surface area contributed by atoms with Crippen LogP contribution in [0.25, 0.3) is 0 Å². The van der Waals surface area contributed by atoms with E-state index >= 15 is 0 Å². The SMILES string of the molecule is O=C(On1c(O)ccc1O)OS(=O)(=O)O. The summed E-state index contributed by atoms with van der Waals surface area (Å²) >= 11 is 0. The fourth-order valence-corrected chi connectivity index (χ4v) is 0.873. The Balaban J connectivity index is 2.76. The van der Waals surface area contributed by atoms with Gasteiger partial charge in [0.1, 0.15) is 0 Å². The number of aromatic hydroxyl groups is 2. The molecule has 0 spiro atoms. The number of rotatable bonds is 2. The highest BCUT2D eigenvalue weighted by molar-refractivity contribution is 7.81. The third kappa shape index (κ3) is 3.03. The molecule has 84 valence electrons. The molecule has 0 aliphatic carbocycles. The van der Waals surface area contributed by atoms with Gasteiger partial charge in [0.2, 0.25) is 11.8 Å². The average Bonchev–Trinajstić information content (AvgIpc) is 2.32. The maximum atomic E-state index is 10.6. The fraction of sp³-hybridized carbons (Fsp3) is 0. The monoisotopic (exact) mass is 239 g/mol. The van der Waals surface area contributed by atoms with Crippen LogP contribution in [-0.2, 0) is 14.6 Å². The lowest BCUT2D eigenvalue weighted by molar-refractivity contribution is 0.0693. The smallest absolute Gasteiger partial charge is 0.492 e. The van der Waals surface area contributed by atoms with Gasteiger partial charge in [-0.1, -0.05) is 0 Å². The Morgan fingerprint density at radius 2 is 1.73 bits per heavy atom. The van der Waals surface area contributed by atoms with Crippen LogP contribution in [0.4, 0.5) is 4.79 Å². The fourth-order valence-electron chi connectivity index (χ4n) is 0.671. The number of hydrogen-bond acceptors (Lipinski definition) is 7. The molecule has 9 nitrogen and oxygen atoms in total. The molecule has 0 aliphatic heterocycles. The topological polar surface area (TPSA) is 135 Å². The largest absolute Gasteiger partial charge is 0.551 e. The number of aromatic nitrogens is 1. The lowest BCUT2D eigenvalue weighted by Crippen LogP contribution is -2.22. The van der Waals surface area contributed by atoms with Gasteiger partial charge in [-0.15, -0.1) is 4.73 Å². The van der Waals surface area contributed by atoms with Gasteiger partial charge in [-0.25, -0.2) is 0 Å².